The summed E-state index contributed by atoms with van der Waals surface area (Å²) in [6.07, 6.45) is 0.387. The van der Waals surface area contributed by atoms with E-state index in [1.54, 1.807) is 0 Å². The highest BCUT2D eigenvalue weighted by Gasteiger charge is 2.20. The van der Waals surface area contributed by atoms with Crippen molar-refractivity contribution in [3.8, 4) is 0 Å². The van der Waals surface area contributed by atoms with Gasteiger partial charge in [-0.25, -0.2) is 0 Å². The zero-order chi connectivity index (χ0) is 14.3. The summed E-state index contributed by atoms with van der Waals surface area (Å²) >= 11 is 3.43. The Morgan fingerprint density at radius 3 is 2.53 bits per heavy atom. The minimum atomic E-state index is -1.10. The Balaban J connectivity index is 2.35. The van der Waals surface area contributed by atoms with Crippen LogP contribution in [0.15, 0.2) is 28.7 Å². The van der Waals surface area contributed by atoms with Crippen molar-refractivity contribution in [1.29, 1.82) is 0 Å². The van der Waals surface area contributed by atoms with Gasteiger partial charge in [-0.2, -0.15) is 0 Å². The largest absolute Gasteiger partial charge is 0.481 e. The SMILES string of the molecule is O=C(O)CC(CNCCc1ccccc1Br)C(=O)O. The Hall–Kier alpha value is -1.40. The van der Waals surface area contributed by atoms with Crippen LogP contribution in [0, 0.1) is 5.92 Å². The van der Waals surface area contributed by atoms with Crippen molar-refractivity contribution in [1.82, 2.24) is 5.32 Å². The van der Waals surface area contributed by atoms with Gasteiger partial charge in [-0.05, 0) is 24.6 Å². The molecule has 0 aliphatic carbocycles. The van der Waals surface area contributed by atoms with Crippen molar-refractivity contribution >= 4 is 27.9 Å². The highest BCUT2D eigenvalue weighted by molar-refractivity contribution is 9.10. The number of carbonyl (C=O) groups is 2. The smallest absolute Gasteiger partial charge is 0.308 e. The fourth-order valence-corrected chi connectivity index (χ4v) is 2.14. The van der Waals surface area contributed by atoms with Crippen LogP contribution in [0.4, 0.5) is 0 Å². The van der Waals surface area contributed by atoms with Crippen LogP contribution in [0.5, 0.6) is 0 Å². The number of benzene rings is 1. The fourth-order valence-electron chi connectivity index (χ4n) is 1.66. The molecular weight excluding hydrogens is 314 g/mol. The highest BCUT2D eigenvalue weighted by atomic mass is 79.9. The molecule has 19 heavy (non-hydrogen) atoms. The zero-order valence-electron chi connectivity index (χ0n) is 10.3. The Labute approximate surface area is 119 Å². The molecule has 0 aliphatic rings. The molecule has 0 spiro atoms. The zero-order valence-corrected chi connectivity index (χ0v) is 11.9. The number of carboxylic acids is 2. The van der Waals surface area contributed by atoms with Crippen molar-refractivity contribution in [2.75, 3.05) is 13.1 Å². The maximum atomic E-state index is 10.8. The van der Waals surface area contributed by atoms with E-state index >= 15 is 0 Å². The summed E-state index contributed by atoms with van der Waals surface area (Å²) in [6, 6.07) is 7.79. The second kappa shape index (κ2) is 7.91. The Morgan fingerprint density at radius 2 is 1.95 bits per heavy atom. The fraction of sp³-hybridized carbons (Fsp3) is 0.385. The number of halogens is 1. The number of hydrogen-bond donors (Lipinski definition) is 3. The van der Waals surface area contributed by atoms with Crippen LogP contribution >= 0.6 is 15.9 Å². The third-order valence-electron chi connectivity index (χ3n) is 2.69. The Bertz CT molecular complexity index is 450. The van der Waals surface area contributed by atoms with Gasteiger partial charge in [0.2, 0.25) is 0 Å². The van der Waals surface area contributed by atoms with Crippen LogP contribution < -0.4 is 5.32 Å². The van der Waals surface area contributed by atoms with Gasteiger partial charge in [0.25, 0.3) is 0 Å². The lowest BCUT2D eigenvalue weighted by atomic mass is 10.1. The molecule has 0 heterocycles. The first-order valence-corrected chi connectivity index (χ1v) is 6.68. The highest BCUT2D eigenvalue weighted by Crippen LogP contribution is 2.15. The molecule has 0 aromatic heterocycles. The van der Waals surface area contributed by atoms with E-state index < -0.39 is 17.9 Å². The number of nitrogens with one attached hydrogen (secondary N) is 1. The normalized spacial score (nSPS) is 12.1. The molecule has 0 radical (unpaired) electrons. The minimum absolute atomic E-state index is 0.159. The summed E-state index contributed by atoms with van der Waals surface area (Å²) in [6.45, 7) is 0.762. The van der Waals surface area contributed by atoms with Gasteiger partial charge in [0.15, 0.2) is 0 Å². The quantitative estimate of drug-likeness (QED) is 0.632. The molecule has 1 atom stereocenters. The van der Waals surface area contributed by atoms with E-state index in [2.05, 4.69) is 21.2 Å². The lowest BCUT2D eigenvalue weighted by Crippen LogP contribution is -2.31. The van der Waals surface area contributed by atoms with Gasteiger partial charge in [-0.15, -0.1) is 0 Å². The van der Waals surface area contributed by atoms with Crippen LogP contribution in [-0.4, -0.2) is 35.2 Å². The first-order valence-electron chi connectivity index (χ1n) is 5.89. The molecular formula is C13H16BrNO4. The van der Waals surface area contributed by atoms with E-state index in [1.807, 2.05) is 24.3 Å². The lowest BCUT2D eigenvalue weighted by molar-refractivity contribution is -0.148. The number of aliphatic carboxylic acids is 2. The van der Waals surface area contributed by atoms with E-state index in [4.69, 9.17) is 10.2 Å². The van der Waals surface area contributed by atoms with Gasteiger partial charge in [0.05, 0.1) is 12.3 Å². The molecule has 1 rings (SSSR count). The van der Waals surface area contributed by atoms with Crippen LogP contribution in [0.2, 0.25) is 0 Å². The maximum absolute atomic E-state index is 10.8. The third-order valence-corrected chi connectivity index (χ3v) is 3.46. The molecule has 0 fully saturated rings. The predicted molar refractivity (Wildman–Crippen MR) is 74.1 cm³/mol. The molecule has 0 saturated carbocycles. The first-order chi connectivity index (χ1) is 9.00. The molecule has 0 aliphatic heterocycles. The van der Waals surface area contributed by atoms with E-state index in [0.29, 0.717) is 6.54 Å². The van der Waals surface area contributed by atoms with Gasteiger partial charge in [-0.3, -0.25) is 9.59 Å². The van der Waals surface area contributed by atoms with E-state index in [-0.39, 0.29) is 13.0 Å². The summed E-state index contributed by atoms with van der Waals surface area (Å²) < 4.78 is 1.01. The Kier molecular flexibility index (Phi) is 6.52. The van der Waals surface area contributed by atoms with Crippen molar-refractivity contribution < 1.29 is 19.8 Å². The van der Waals surface area contributed by atoms with E-state index in [0.717, 1.165) is 16.5 Å². The summed E-state index contributed by atoms with van der Waals surface area (Å²) in [4.78, 5) is 21.4. The van der Waals surface area contributed by atoms with Crippen molar-refractivity contribution in [2.45, 2.75) is 12.8 Å². The van der Waals surface area contributed by atoms with Crippen LogP contribution in [0.25, 0.3) is 0 Å². The average molecular weight is 330 g/mol. The van der Waals surface area contributed by atoms with Crippen LogP contribution in [-0.2, 0) is 16.0 Å². The van der Waals surface area contributed by atoms with E-state index in [1.165, 1.54) is 0 Å². The average Bonchev–Trinajstić information content (AvgIpc) is 2.34. The summed E-state index contributed by atoms with van der Waals surface area (Å²) in [5.74, 6) is -3.08. The van der Waals surface area contributed by atoms with Crippen LogP contribution in [0.3, 0.4) is 0 Å². The number of carboxylic acid groups (broad SMARTS) is 2. The van der Waals surface area contributed by atoms with Gasteiger partial charge in [0.1, 0.15) is 0 Å². The van der Waals surface area contributed by atoms with E-state index in [9.17, 15) is 9.59 Å². The summed E-state index contributed by atoms with van der Waals surface area (Å²) in [5.41, 5.74) is 1.13. The molecule has 1 unspecified atom stereocenters. The van der Waals surface area contributed by atoms with Crippen molar-refractivity contribution in [2.24, 2.45) is 5.92 Å². The number of rotatable bonds is 8. The molecule has 6 heteroatoms. The van der Waals surface area contributed by atoms with Gasteiger partial charge in [0, 0.05) is 11.0 Å². The molecule has 3 N–H and O–H groups in total. The van der Waals surface area contributed by atoms with Crippen molar-refractivity contribution in [3.63, 3.8) is 0 Å². The topological polar surface area (TPSA) is 86.6 Å². The second-order valence-corrected chi connectivity index (χ2v) is 5.03. The minimum Gasteiger partial charge on any atom is -0.481 e. The first kappa shape index (κ1) is 15.7. The summed E-state index contributed by atoms with van der Waals surface area (Å²) in [7, 11) is 0. The van der Waals surface area contributed by atoms with Gasteiger partial charge in [-0.1, -0.05) is 34.1 Å². The molecule has 1 aromatic rings. The molecule has 1 aromatic carbocycles. The summed E-state index contributed by atoms with van der Waals surface area (Å²) in [5, 5.41) is 20.5. The monoisotopic (exact) mass is 329 g/mol. The standard InChI is InChI=1S/C13H16BrNO4/c14-11-4-2-1-3-9(11)5-6-15-8-10(13(18)19)7-12(16)17/h1-4,10,15H,5-8H2,(H,16,17)(H,18,19). The van der Waals surface area contributed by atoms with Gasteiger partial charge >= 0.3 is 11.9 Å². The van der Waals surface area contributed by atoms with Crippen LogP contribution in [0.1, 0.15) is 12.0 Å². The molecule has 0 saturated heterocycles. The molecule has 0 bridgehead atoms. The van der Waals surface area contributed by atoms with Gasteiger partial charge < -0.3 is 15.5 Å². The Morgan fingerprint density at radius 1 is 1.26 bits per heavy atom. The molecule has 104 valence electrons. The van der Waals surface area contributed by atoms with Crippen molar-refractivity contribution in [3.05, 3.63) is 34.3 Å². The number of hydrogen-bond acceptors (Lipinski definition) is 3. The predicted octanol–water partition coefficient (Wildman–Crippen LogP) is 1.76. The second-order valence-electron chi connectivity index (χ2n) is 4.18. The lowest BCUT2D eigenvalue weighted by Gasteiger charge is -2.11. The third kappa shape index (κ3) is 5.85. The molecule has 5 nitrogen and oxygen atoms in total. The molecule has 0 amide bonds. The maximum Gasteiger partial charge on any atom is 0.308 e.